The summed E-state index contributed by atoms with van der Waals surface area (Å²) in [6.07, 6.45) is 0.750. The molecule has 0 aliphatic rings. The molecule has 0 amide bonds. The number of hydrogen-bond donors (Lipinski definition) is 0. The predicted octanol–water partition coefficient (Wildman–Crippen LogP) is 2.30. The molecule has 0 saturated heterocycles. The summed E-state index contributed by atoms with van der Waals surface area (Å²) in [5.74, 6) is 0. The lowest BCUT2D eigenvalue weighted by Crippen LogP contribution is -2.56. The van der Waals surface area contributed by atoms with Crippen LogP contribution in [0.1, 0.15) is 27.2 Å². The topological polar surface area (TPSA) is 46.2 Å². The van der Waals surface area contributed by atoms with E-state index in [4.69, 9.17) is 21.8 Å². The Morgan fingerprint density at radius 1 is 1.12 bits per heavy atom. The minimum Gasteiger partial charge on any atom is -0.375 e. The summed E-state index contributed by atoms with van der Waals surface area (Å²) < 4.78 is 27.2. The number of hydrogen-bond acceptors (Lipinski definition) is 5. The Kier molecular flexibility index (Phi) is 8.06. The second kappa shape index (κ2) is 7.83. The normalized spacial score (nSPS) is 15.0. The van der Waals surface area contributed by atoms with Crippen LogP contribution in [0.4, 0.5) is 0 Å². The third-order valence-electron chi connectivity index (χ3n) is 2.46. The van der Waals surface area contributed by atoms with E-state index >= 15 is 0 Å². The maximum Gasteiger partial charge on any atom is 0.530 e. The van der Waals surface area contributed by atoms with E-state index in [0.29, 0.717) is 6.61 Å². The third kappa shape index (κ3) is 4.94. The average Bonchev–Trinajstić information content (AvgIpc) is 2.35. The van der Waals surface area contributed by atoms with Crippen LogP contribution in [0, 0.1) is 0 Å². The maximum atomic E-state index is 5.82. The van der Waals surface area contributed by atoms with E-state index in [1.165, 1.54) is 0 Å². The van der Waals surface area contributed by atoms with Crippen LogP contribution < -0.4 is 0 Å². The number of halogens is 1. The van der Waals surface area contributed by atoms with Gasteiger partial charge in [0.2, 0.25) is 0 Å². The molecule has 1 unspecified atom stereocenters. The Hall–Kier alpha value is 0.497. The van der Waals surface area contributed by atoms with Crippen molar-refractivity contribution in [1.29, 1.82) is 0 Å². The van der Waals surface area contributed by atoms with Gasteiger partial charge in [0, 0.05) is 21.3 Å². The Morgan fingerprint density at radius 2 is 1.59 bits per heavy atom. The van der Waals surface area contributed by atoms with Crippen LogP contribution in [0.15, 0.2) is 0 Å². The Labute approximate surface area is 114 Å². The lowest BCUT2D eigenvalue weighted by molar-refractivity contribution is -0.0379. The quantitative estimate of drug-likeness (QED) is 0.607. The first-order chi connectivity index (χ1) is 7.91. The van der Waals surface area contributed by atoms with Gasteiger partial charge in [0.15, 0.2) is 0 Å². The molecule has 0 aliphatic carbocycles. The van der Waals surface area contributed by atoms with Crippen molar-refractivity contribution in [2.45, 2.75) is 38.5 Å². The molecule has 0 rings (SSSR count). The Bertz CT molecular complexity index is 203. The highest BCUT2D eigenvalue weighted by molar-refractivity contribution is 9.06. The summed E-state index contributed by atoms with van der Waals surface area (Å²) >= 11 is 2.98. The molecule has 104 valence electrons. The van der Waals surface area contributed by atoms with E-state index < -0.39 is 14.4 Å². The van der Waals surface area contributed by atoms with Crippen LogP contribution >= 0.6 is 16.3 Å². The molecule has 17 heavy (non-hydrogen) atoms. The van der Waals surface area contributed by atoms with Gasteiger partial charge in [-0.25, -0.2) is 0 Å². The van der Waals surface area contributed by atoms with Crippen LogP contribution in [0.25, 0.3) is 0 Å². The van der Waals surface area contributed by atoms with Gasteiger partial charge in [-0.15, -0.1) is 0 Å². The van der Waals surface area contributed by atoms with Crippen molar-refractivity contribution in [3.05, 3.63) is 0 Å². The monoisotopic (exact) mass is 330 g/mol. The summed E-state index contributed by atoms with van der Waals surface area (Å²) in [5, 5.41) is 0. The average molecular weight is 331 g/mol. The molecule has 0 fully saturated rings. The highest BCUT2D eigenvalue weighted by Crippen LogP contribution is 2.21. The first kappa shape index (κ1) is 17.5. The lowest BCUT2D eigenvalue weighted by atomic mass is 10.2. The fraction of sp³-hybridized carbons (Fsp3) is 1.00. The molecule has 0 spiro atoms. The van der Waals surface area contributed by atoms with E-state index in [0.717, 1.165) is 6.42 Å². The summed E-state index contributed by atoms with van der Waals surface area (Å²) in [4.78, 5) is 0. The van der Waals surface area contributed by atoms with E-state index in [1.54, 1.807) is 21.3 Å². The highest BCUT2D eigenvalue weighted by atomic mass is 79.9. The lowest BCUT2D eigenvalue weighted by Gasteiger charge is -2.33. The fourth-order valence-corrected chi connectivity index (χ4v) is 3.61. The van der Waals surface area contributed by atoms with Gasteiger partial charge in [-0.3, -0.25) is 3.83 Å². The molecule has 0 aromatic rings. The molecule has 0 aromatic carbocycles. The zero-order chi connectivity index (χ0) is 13.5. The molecule has 0 bridgehead atoms. The molecule has 5 nitrogen and oxygen atoms in total. The minimum absolute atomic E-state index is 0.204. The second-order valence-electron chi connectivity index (χ2n) is 4.26. The SMILES string of the molecule is CCC(OCC(C)(C)OBr)[Si](OC)(OC)OC. The molecule has 0 N–H and O–H groups in total. The van der Waals surface area contributed by atoms with Crippen molar-refractivity contribution < 1.29 is 21.8 Å². The Morgan fingerprint density at radius 3 is 1.88 bits per heavy atom. The molecule has 0 saturated carbocycles. The highest BCUT2D eigenvalue weighted by Gasteiger charge is 2.48. The first-order valence-corrected chi connectivity index (χ1v) is 7.93. The standard InChI is InChI=1S/C10H23BrO5Si/c1-7-9(15-8-10(2,3)16-11)17(12-4,13-5)14-6/h9H,7-8H2,1-6H3. The molecular weight excluding hydrogens is 308 g/mol. The van der Waals surface area contributed by atoms with Crippen LogP contribution in [0.3, 0.4) is 0 Å². The predicted molar refractivity (Wildman–Crippen MR) is 70.9 cm³/mol. The largest absolute Gasteiger partial charge is 0.530 e. The molecule has 1 atom stereocenters. The van der Waals surface area contributed by atoms with Gasteiger partial charge in [-0.2, -0.15) is 0 Å². The Balaban J connectivity index is 4.60. The second-order valence-corrected chi connectivity index (χ2v) is 7.66. The van der Waals surface area contributed by atoms with E-state index in [-0.39, 0.29) is 5.73 Å². The number of ether oxygens (including phenoxy) is 1. The van der Waals surface area contributed by atoms with Gasteiger partial charge < -0.3 is 18.0 Å². The van der Waals surface area contributed by atoms with Crippen molar-refractivity contribution in [2.24, 2.45) is 0 Å². The zero-order valence-electron chi connectivity index (χ0n) is 11.4. The van der Waals surface area contributed by atoms with Gasteiger partial charge in [0.1, 0.15) is 11.3 Å². The minimum atomic E-state index is -2.75. The van der Waals surface area contributed by atoms with E-state index in [2.05, 4.69) is 16.3 Å². The summed E-state index contributed by atoms with van der Waals surface area (Å²) in [7, 11) is 1.99. The summed E-state index contributed by atoms with van der Waals surface area (Å²) in [5.41, 5.74) is -0.618. The molecule has 0 aromatic heterocycles. The maximum absolute atomic E-state index is 5.82. The van der Waals surface area contributed by atoms with Gasteiger partial charge in [0.25, 0.3) is 0 Å². The van der Waals surface area contributed by atoms with Crippen molar-refractivity contribution in [2.75, 3.05) is 27.9 Å². The van der Waals surface area contributed by atoms with Gasteiger partial charge in [-0.05, 0) is 20.3 Å². The van der Waals surface area contributed by atoms with Crippen molar-refractivity contribution in [3.8, 4) is 0 Å². The van der Waals surface area contributed by atoms with Crippen molar-refractivity contribution in [1.82, 2.24) is 0 Å². The van der Waals surface area contributed by atoms with E-state index in [9.17, 15) is 0 Å². The van der Waals surface area contributed by atoms with Crippen molar-refractivity contribution >= 4 is 25.1 Å². The van der Waals surface area contributed by atoms with Gasteiger partial charge >= 0.3 is 8.80 Å². The molecule has 0 aliphatic heterocycles. The van der Waals surface area contributed by atoms with Gasteiger partial charge in [0.05, 0.1) is 22.9 Å². The third-order valence-corrected chi connectivity index (χ3v) is 6.41. The zero-order valence-corrected chi connectivity index (χ0v) is 14.0. The molecule has 0 heterocycles. The van der Waals surface area contributed by atoms with Crippen LogP contribution in [0.5, 0.6) is 0 Å². The van der Waals surface area contributed by atoms with Gasteiger partial charge in [-0.1, -0.05) is 6.92 Å². The number of rotatable bonds is 9. The fourth-order valence-electron chi connectivity index (χ4n) is 1.44. The van der Waals surface area contributed by atoms with Crippen LogP contribution in [-0.4, -0.2) is 48.1 Å². The molecule has 7 heteroatoms. The molecular formula is C10H23BrO5Si. The van der Waals surface area contributed by atoms with Crippen LogP contribution in [0.2, 0.25) is 0 Å². The molecule has 0 radical (unpaired) electrons. The van der Waals surface area contributed by atoms with Crippen molar-refractivity contribution in [3.63, 3.8) is 0 Å². The van der Waals surface area contributed by atoms with Crippen LogP contribution in [-0.2, 0) is 21.8 Å². The van der Waals surface area contributed by atoms with E-state index in [1.807, 2.05) is 20.8 Å². The smallest absolute Gasteiger partial charge is 0.375 e. The first-order valence-electron chi connectivity index (χ1n) is 5.48. The summed E-state index contributed by atoms with van der Waals surface area (Å²) in [6, 6.07) is 0. The summed E-state index contributed by atoms with van der Waals surface area (Å²) in [6.45, 7) is 6.27.